The number of benzene rings is 1. The Labute approximate surface area is 124 Å². The van der Waals surface area contributed by atoms with E-state index in [0.29, 0.717) is 22.5 Å². The lowest BCUT2D eigenvalue weighted by molar-refractivity contribution is 0.0378. The third-order valence-corrected chi connectivity index (χ3v) is 3.50. The van der Waals surface area contributed by atoms with Crippen molar-refractivity contribution in [1.29, 1.82) is 10.5 Å². The van der Waals surface area contributed by atoms with Gasteiger partial charge in [-0.3, -0.25) is 4.90 Å². The van der Waals surface area contributed by atoms with Crippen LogP contribution in [0, 0.1) is 22.7 Å². The molecule has 3 N–H and O–H groups in total. The molecule has 2 rings (SSSR count). The lowest BCUT2D eigenvalue weighted by Crippen LogP contribution is -2.37. The number of nitriles is 2. The minimum Gasteiger partial charge on any atom is -0.397 e. The minimum absolute atomic E-state index is 0.314. The molecular weight excluding hydrogens is 266 g/mol. The van der Waals surface area contributed by atoms with Gasteiger partial charge >= 0.3 is 0 Å². The highest BCUT2D eigenvalue weighted by Crippen LogP contribution is 2.23. The third kappa shape index (κ3) is 4.09. The summed E-state index contributed by atoms with van der Waals surface area (Å²) in [6.45, 7) is 5.37. The fourth-order valence-corrected chi connectivity index (χ4v) is 2.31. The molecule has 0 bridgehead atoms. The fourth-order valence-electron chi connectivity index (χ4n) is 2.31. The first-order valence-electron chi connectivity index (χ1n) is 7.02. The van der Waals surface area contributed by atoms with Gasteiger partial charge in [-0.15, -0.1) is 0 Å². The Morgan fingerprint density at radius 2 is 1.86 bits per heavy atom. The molecule has 1 aliphatic heterocycles. The van der Waals surface area contributed by atoms with Crippen molar-refractivity contribution in [3.05, 3.63) is 23.3 Å². The number of nitrogen functional groups attached to an aromatic ring is 1. The van der Waals surface area contributed by atoms with E-state index in [1.165, 1.54) is 0 Å². The van der Waals surface area contributed by atoms with Crippen LogP contribution in [0.15, 0.2) is 12.1 Å². The van der Waals surface area contributed by atoms with Crippen LogP contribution in [0.25, 0.3) is 0 Å². The van der Waals surface area contributed by atoms with Crippen molar-refractivity contribution < 1.29 is 4.74 Å². The van der Waals surface area contributed by atoms with E-state index >= 15 is 0 Å². The molecule has 0 aromatic heterocycles. The molecule has 1 fully saturated rings. The molecule has 0 amide bonds. The summed E-state index contributed by atoms with van der Waals surface area (Å²) in [6.07, 6.45) is 0.987. The molecule has 110 valence electrons. The van der Waals surface area contributed by atoms with Gasteiger partial charge in [0.25, 0.3) is 0 Å². The number of nitrogens with one attached hydrogen (secondary N) is 1. The van der Waals surface area contributed by atoms with Crippen LogP contribution in [0.1, 0.15) is 17.5 Å². The van der Waals surface area contributed by atoms with Crippen molar-refractivity contribution in [1.82, 2.24) is 4.90 Å². The summed E-state index contributed by atoms with van der Waals surface area (Å²) < 4.78 is 5.31. The maximum absolute atomic E-state index is 9.02. The molecule has 0 atom stereocenters. The predicted molar refractivity (Wildman–Crippen MR) is 80.7 cm³/mol. The highest BCUT2D eigenvalue weighted by Gasteiger charge is 2.10. The van der Waals surface area contributed by atoms with E-state index in [0.717, 1.165) is 45.8 Å². The van der Waals surface area contributed by atoms with Gasteiger partial charge in [-0.25, -0.2) is 0 Å². The van der Waals surface area contributed by atoms with Crippen LogP contribution in [0.5, 0.6) is 0 Å². The molecule has 21 heavy (non-hydrogen) atoms. The van der Waals surface area contributed by atoms with E-state index < -0.39 is 0 Å². The fraction of sp³-hybridized carbons (Fsp3) is 0.467. The molecule has 6 heteroatoms. The van der Waals surface area contributed by atoms with Crippen molar-refractivity contribution in [3.63, 3.8) is 0 Å². The topological polar surface area (TPSA) is 98.1 Å². The molecule has 1 saturated heterocycles. The molecule has 1 aromatic carbocycles. The summed E-state index contributed by atoms with van der Waals surface area (Å²) in [5, 5.41) is 21.2. The number of hydrogen-bond donors (Lipinski definition) is 2. The molecule has 1 aromatic rings. The summed E-state index contributed by atoms with van der Waals surface area (Å²) in [7, 11) is 0. The average molecular weight is 285 g/mol. The first-order chi connectivity index (χ1) is 10.2. The van der Waals surface area contributed by atoms with Gasteiger partial charge in [0, 0.05) is 19.6 Å². The Kier molecular flexibility index (Phi) is 5.39. The van der Waals surface area contributed by atoms with E-state index in [1.807, 2.05) is 12.1 Å². The molecule has 0 aliphatic carbocycles. The van der Waals surface area contributed by atoms with Crippen LogP contribution in [-0.4, -0.2) is 44.3 Å². The van der Waals surface area contributed by atoms with Crippen LogP contribution in [0.4, 0.5) is 11.4 Å². The zero-order valence-corrected chi connectivity index (χ0v) is 11.9. The van der Waals surface area contributed by atoms with Gasteiger partial charge in [-0.05, 0) is 25.1 Å². The molecule has 6 nitrogen and oxygen atoms in total. The Bertz CT molecular complexity index is 567. The van der Waals surface area contributed by atoms with E-state index in [2.05, 4.69) is 10.2 Å². The molecule has 1 aliphatic rings. The lowest BCUT2D eigenvalue weighted by atomic mass is 10.1. The second-order valence-electron chi connectivity index (χ2n) is 4.94. The second kappa shape index (κ2) is 7.49. The standard InChI is InChI=1S/C15H19N5O/c16-10-12-8-14(18)15(9-13(12)11-17)19-2-1-3-20-4-6-21-7-5-20/h8-9,19H,1-7,18H2. The van der Waals surface area contributed by atoms with Gasteiger partial charge < -0.3 is 15.8 Å². The van der Waals surface area contributed by atoms with Crippen molar-refractivity contribution in [2.24, 2.45) is 0 Å². The van der Waals surface area contributed by atoms with Crippen LogP contribution in [-0.2, 0) is 4.74 Å². The second-order valence-corrected chi connectivity index (χ2v) is 4.94. The van der Waals surface area contributed by atoms with Gasteiger partial charge in [0.1, 0.15) is 12.1 Å². The number of nitrogens with two attached hydrogens (primary N) is 1. The van der Waals surface area contributed by atoms with Crippen molar-refractivity contribution >= 4 is 11.4 Å². The van der Waals surface area contributed by atoms with E-state index in [1.54, 1.807) is 12.1 Å². The van der Waals surface area contributed by atoms with Gasteiger partial charge in [-0.2, -0.15) is 10.5 Å². The monoisotopic (exact) mass is 285 g/mol. The van der Waals surface area contributed by atoms with Crippen LogP contribution < -0.4 is 11.1 Å². The van der Waals surface area contributed by atoms with Crippen molar-refractivity contribution in [2.75, 3.05) is 50.4 Å². The number of rotatable bonds is 5. The highest BCUT2D eigenvalue weighted by atomic mass is 16.5. The molecule has 0 spiro atoms. The first kappa shape index (κ1) is 15.1. The molecule has 1 heterocycles. The maximum atomic E-state index is 9.02. The van der Waals surface area contributed by atoms with Crippen LogP contribution in [0.2, 0.25) is 0 Å². The van der Waals surface area contributed by atoms with E-state index in [9.17, 15) is 0 Å². The van der Waals surface area contributed by atoms with Crippen molar-refractivity contribution in [2.45, 2.75) is 6.42 Å². The maximum Gasteiger partial charge on any atom is 0.101 e. The lowest BCUT2D eigenvalue weighted by Gasteiger charge is -2.26. The summed E-state index contributed by atoms with van der Waals surface area (Å²) in [5.41, 5.74) is 7.77. The third-order valence-electron chi connectivity index (χ3n) is 3.50. The highest BCUT2D eigenvalue weighted by molar-refractivity contribution is 5.71. The van der Waals surface area contributed by atoms with Crippen LogP contribution in [0.3, 0.4) is 0 Å². The Morgan fingerprint density at radius 3 is 2.52 bits per heavy atom. The number of anilines is 2. The quantitative estimate of drug-likeness (QED) is 0.622. The zero-order chi connectivity index (χ0) is 15.1. The number of hydrogen-bond acceptors (Lipinski definition) is 6. The molecular formula is C15H19N5O. The van der Waals surface area contributed by atoms with Gasteiger partial charge in [0.15, 0.2) is 0 Å². The Hall–Kier alpha value is -2.28. The molecule has 0 radical (unpaired) electrons. The normalized spacial score (nSPS) is 15.1. The Morgan fingerprint density at radius 1 is 1.19 bits per heavy atom. The number of ether oxygens (including phenoxy) is 1. The van der Waals surface area contributed by atoms with Gasteiger partial charge in [-0.1, -0.05) is 0 Å². The SMILES string of the molecule is N#Cc1cc(N)c(NCCCN2CCOCC2)cc1C#N. The number of nitrogens with zero attached hydrogens (tertiary/aromatic N) is 3. The smallest absolute Gasteiger partial charge is 0.101 e. The first-order valence-corrected chi connectivity index (χ1v) is 7.02. The molecule has 0 unspecified atom stereocenters. The Balaban J connectivity index is 1.85. The zero-order valence-electron chi connectivity index (χ0n) is 11.9. The predicted octanol–water partition coefficient (Wildman–Crippen LogP) is 1.15. The molecule has 0 saturated carbocycles. The summed E-state index contributed by atoms with van der Waals surface area (Å²) in [5.74, 6) is 0. The van der Waals surface area contributed by atoms with Gasteiger partial charge in [0.05, 0.1) is 35.7 Å². The summed E-state index contributed by atoms with van der Waals surface area (Å²) in [4.78, 5) is 2.37. The average Bonchev–Trinajstić information content (AvgIpc) is 2.53. The van der Waals surface area contributed by atoms with Crippen molar-refractivity contribution in [3.8, 4) is 12.1 Å². The van der Waals surface area contributed by atoms with E-state index in [4.69, 9.17) is 21.0 Å². The van der Waals surface area contributed by atoms with Gasteiger partial charge in [0.2, 0.25) is 0 Å². The summed E-state index contributed by atoms with van der Waals surface area (Å²) in [6, 6.07) is 7.18. The summed E-state index contributed by atoms with van der Waals surface area (Å²) >= 11 is 0. The largest absolute Gasteiger partial charge is 0.397 e. The minimum atomic E-state index is 0.314. The van der Waals surface area contributed by atoms with E-state index in [-0.39, 0.29) is 0 Å². The number of morpholine rings is 1. The van der Waals surface area contributed by atoms with Crippen LogP contribution >= 0.6 is 0 Å².